The number of hydrogen-bond acceptors (Lipinski definition) is 4. The molecule has 1 saturated carbocycles. The van der Waals surface area contributed by atoms with Crippen LogP contribution in [0.4, 0.5) is 4.79 Å². The van der Waals surface area contributed by atoms with Crippen LogP contribution in [0.2, 0.25) is 0 Å². The first-order valence-electron chi connectivity index (χ1n) is 12.6. The predicted molar refractivity (Wildman–Crippen MR) is 133 cm³/mol. The van der Waals surface area contributed by atoms with Crippen LogP contribution < -0.4 is 5.32 Å². The number of alkyl carbamates (subject to hydrolysis) is 1. The van der Waals surface area contributed by atoms with Crippen molar-refractivity contribution in [2.24, 2.45) is 11.8 Å². The minimum absolute atomic E-state index is 0.0288. The first kappa shape index (κ1) is 24.8. The van der Waals surface area contributed by atoms with Gasteiger partial charge in [0.2, 0.25) is 5.91 Å². The molecular formula is C28H34N2O5. The van der Waals surface area contributed by atoms with Gasteiger partial charge in [-0.05, 0) is 60.8 Å². The summed E-state index contributed by atoms with van der Waals surface area (Å²) in [4.78, 5) is 37.7. The lowest BCUT2D eigenvalue weighted by Crippen LogP contribution is -2.40. The number of hydrogen-bond donors (Lipinski definition) is 2. The summed E-state index contributed by atoms with van der Waals surface area (Å²) in [6.45, 7) is 3.49. The highest BCUT2D eigenvalue weighted by Gasteiger charge is 2.31. The maximum Gasteiger partial charge on any atom is 0.407 e. The van der Waals surface area contributed by atoms with E-state index >= 15 is 0 Å². The van der Waals surface area contributed by atoms with Crippen LogP contribution in [-0.4, -0.2) is 54.2 Å². The van der Waals surface area contributed by atoms with E-state index in [-0.39, 0.29) is 30.7 Å². The molecule has 2 aliphatic rings. The van der Waals surface area contributed by atoms with Crippen LogP contribution in [0.3, 0.4) is 0 Å². The summed E-state index contributed by atoms with van der Waals surface area (Å²) in [5.41, 5.74) is 4.78. The maximum absolute atomic E-state index is 12.7. The lowest BCUT2D eigenvalue weighted by atomic mass is 9.81. The Balaban J connectivity index is 1.21. The highest BCUT2D eigenvalue weighted by molar-refractivity contribution is 5.80. The number of benzene rings is 2. The normalized spacial score (nSPS) is 18.9. The van der Waals surface area contributed by atoms with Crippen molar-refractivity contribution in [1.29, 1.82) is 0 Å². The molecule has 0 saturated heterocycles. The Bertz CT molecular complexity index is 1020. The molecule has 186 valence electrons. The third-order valence-corrected chi connectivity index (χ3v) is 7.36. The van der Waals surface area contributed by atoms with E-state index in [2.05, 4.69) is 29.6 Å². The van der Waals surface area contributed by atoms with Gasteiger partial charge in [-0.1, -0.05) is 48.5 Å². The Morgan fingerprint density at radius 1 is 0.971 bits per heavy atom. The van der Waals surface area contributed by atoms with E-state index in [1.54, 1.807) is 4.90 Å². The molecule has 4 rings (SSSR count). The zero-order chi connectivity index (χ0) is 24.8. The molecule has 0 aromatic heterocycles. The maximum atomic E-state index is 12.7. The van der Waals surface area contributed by atoms with Gasteiger partial charge in [0.1, 0.15) is 6.61 Å². The van der Waals surface area contributed by atoms with Crippen LogP contribution in [0.1, 0.15) is 56.1 Å². The number of nitrogens with one attached hydrogen (secondary N) is 1. The summed E-state index contributed by atoms with van der Waals surface area (Å²) in [6.07, 6.45) is 2.81. The summed E-state index contributed by atoms with van der Waals surface area (Å²) < 4.78 is 5.62. The molecular weight excluding hydrogens is 444 g/mol. The van der Waals surface area contributed by atoms with Gasteiger partial charge < -0.3 is 20.1 Å². The summed E-state index contributed by atoms with van der Waals surface area (Å²) in [5, 5.41) is 11.8. The number of ether oxygens (including phenoxy) is 1. The number of carboxylic acid groups (broad SMARTS) is 1. The first-order valence-corrected chi connectivity index (χ1v) is 12.6. The van der Waals surface area contributed by atoms with E-state index in [0.717, 1.165) is 25.7 Å². The molecule has 0 radical (unpaired) electrons. The van der Waals surface area contributed by atoms with Crippen molar-refractivity contribution in [3.8, 4) is 11.1 Å². The highest BCUT2D eigenvalue weighted by atomic mass is 16.5. The van der Waals surface area contributed by atoms with Crippen molar-refractivity contribution in [2.75, 3.05) is 26.2 Å². The van der Waals surface area contributed by atoms with Crippen molar-refractivity contribution in [1.82, 2.24) is 10.2 Å². The fourth-order valence-electron chi connectivity index (χ4n) is 5.40. The van der Waals surface area contributed by atoms with Gasteiger partial charge in [0.15, 0.2) is 0 Å². The molecule has 2 amide bonds. The molecule has 2 aromatic carbocycles. The second-order valence-corrected chi connectivity index (χ2v) is 9.49. The van der Waals surface area contributed by atoms with Gasteiger partial charge >= 0.3 is 12.1 Å². The summed E-state index contributed by atoms with van der Waals surface area (Å²) >= 11 is 0. The van der Waals surface area contributed by atoms with Crippen molar-refractivity contribution in [3.63, 3.8) is 0 Å². The zero-order valence-corrected chi connectivity index (χ0v) is 20.2. The van der Waals surface area contributed by atoms with Crippen molar-refractivity contribution >= 4 is 18.0 Å². The molecule has 2 aliphatic carbocycles. The number of nitrogens with zero attached hydrogens (tertiary/aromatic N) is 1. The topological polar surface area (TPSA) is 95.9 Å². The van der Waals surface area contributed by atoms with Gasteiger partial charge in [-0.15, -0.1) is 0 Å². The second-order valence-electron chi connectivity index (χ2n) is 9.49. The molecule has 0 atom stereocenters. The largest absolute Gasteiger partial charge is 0.481 e. The Hall–Kier alpha value is -3.35. The third kappa shape index (κ3) is 5.84. The number of carboxylic acids is 1. The second kappa shape index (κ2) is 11.4. The molecule has 0 spiro atoms. The molecule has 0 unspecified atom stereocenters. The minimum atomic E-state index is -0.890. The number of carbonyl (C=O) groups is 3. The molecule has 1 fully saturated rings. The molecule has 0 aliphatic heterocycles. The number of rotatable bonds is 9. The van der Waals surface area contributed by atoms with Crippen LogP contribution in [0.5, 0.6) is 0 Å². The Morgan fingerprint density at radius 3 is 2.14 bits per heavy atom. The average Bonchev–Trinajstić information content (AvgIpc) is 3.20. The van der Waals surface area contributed by atoms with Crippen molar-refractivity contribution in [3.05, 3.63) is 59.7 Å². The van der Waals surface area contributed by atoms with Crippen molar-refractivity contribution in [2.45, 2.75) is 44.9 Å². The van der Waals surface area contributed by atoms with Crippen LogP contribution in [0, 0.1) is 11.8 Å². The quantitative estimate of drug-likeness (QED) is 0.547. The molecule has 2 N–H and O–H groups in total. The molecule has 7 heteroatoms. The minimum Gasteiger partial charge on any atom is -0.481 e. The highest BCUT2D eigenvalue weighted by Crippen LogP contribution is 2.44. The predicted octanol–water partition coefficient (Wildman–Crippen LogP) is 4.65. The lowest BCUT2D eigenvalue weighted by Gasteiger charge is -2.31. The number of aliphatic carboxylic acids is 1. The standard InChI is InChI=1S/C28H34N2O5/c1-2-30(16-15-26(31)32)27(33)20-13-11-19(12-14-20)17-29-28(34)35-18-25-23-9-5-3-7-21(23)22-8-4-6-10-24(22)25/h3-10,19-20,25H,2,11-18H2,1H3,(H,29,34)(H,31,32). The van der Waals surface area contributed by atoms with E-state index in [0.29, 0.717) is 25.6 Å². The summed E-state index contributed by atoms with van der Waals surface area (Å²) in [7, 11) is 0. The Morgan fingerprint density at radius 2 is 1.57 bits per heavy atom. The Labute approximate surface area is 206 Å². The molecule has 7 nitrogen and oxygen atoms in total. The molecule has 35 heavy (non-hydrogen) atoms. The van der Waals surface area contributed by atoms with E-state index in [4.69, 9.17) is 9.84 Å². The van der Waals surface area contributed by atoms with Gasteiger partial charge in [0, 0.05) is 31.5 Å². The zero-order valence-electron chi connectivity index (χ0n) is 20.2. The van der Waals surface area contributed by atoms with Gasteiger partial charge in [-0.3, -0.25) is 9.59 Å². The third-order valence-electron chi connectivity index (χ3n) is 7.36. The van der Waals surface area contributed by atoms with Crippen LogP contribution in [-0.2, 0) is 14.3 Å². The summed E-state index contributed by atoms with van der Waals surface area (Å²) in [5.74, 6) is -0.545. The molecule has 0 bridgehead atoms. The number of carbonyl (C=O) groups excluding carboxylic acids is 2. The van der Waals surface area contributed by atoms with Gasteiger partial charge in [0.25, 0.3) is 0 Å². The van der Waals surface area contributed by atoms with E-state index in [9.17, 15) is 14.4 Å². The fraction of sp³-hybridized carbons (Fsp3) is 0.464. The van der Waals surface area contributed by atoms with E-state index < -0.39 is 12.1 Å². The van der Waals surface area contributed by atoms with E-state index in [1.807, 2.05) is 31.2 Å². The van der Waals surface area contributed by atoms with Crippen LogP contribution in [0.25, 0.3) is 11.1 Å². The fourth-order valence-corrected chi connectivity index (χ4v) is 5.40. The lowest BCUT2D eigenvalue weighted by molar-refractivity contribution is -0.140. The van der Waals surface area contributed by atoms with Crippen LogP contribution in [0.15, 0.2) is 48.5 Å². The molecule has 2 aromatic rings. The van der Waals surface area contributed by atoms with Crippen molar-refractivity contribution < 1.29 is 24.2 Å². The van der Waals surface area contributed by atoms with Gasteiger partial charge in [0.05, 0.1) is 6.42 Å². The SMILES string of the molecule is CCN(CCC(=O)O)C(=O)C1CCC(CNC(=O)OCC2c3ccccc3-c3ccccc32)CC1. The Kier molecular flexibility index (Phi) is 8.06. The van der Waals surface area contributed by atoms with Gasteiger partial charge in [-0.25, -0.2) is 4.79 Å². The first-order chi connectivity index (χ1) is 17.0. The monoisotopic (exact) mass is 478 g/mol. The van der Waals surface area contributed by atoms with Crippen LogP contribution >= 0.6 is 0 Å². The number of fused-ring (bicyclic) bond motifs is 3. The smallest absolute Gasteiger partial charge is 0.407 e. The number of amides is 2. The van der Waals surface area contributed by atoms with Gasteiger partial charge in [-0.2, -0.15) is 0 Å². The summed E-state index contributed by atoms with van der Waals surface area (Å²) in [6, 6.07) is 16.5. The average molecular weight is 479 g/mol. The van der Waals surface area contributed by atoms with E-state index in [1.165, 1.54) is 22.3 Å². The molecule has 0 heterocycles.